The Morgan fingerprint density at radius 1 is 1.23 bits per heavy atom. The number of aromatic nitrogens is 2. The van der Waals surface area contributed by atoms with Crippen LogP contribution in [0.2, 0.25) is 0 Å². The molecule has 0 aliphatic carbocycles. The third-order valence-corrected chi connectivity index (χ3v) is 7.24. The van der Waals surface area contributed by atoms with Gasteiger partial charge in [0.2, 0.25) is 5.91 Å². The number of carbonyl (C=O) groups is 1. The number of carbonyl (C=O) groups excluding carboxylic acids is 1. The summed E-state index contributed by atoms with van der Waals surface area (Å²) in [4.78, 5) is 26.2. The number of anilines is 1. The van der Waals surface area contributed by atoms with E-state index in [-0.39, 0.29) is 17.8 Å². The minimum Gasteiger partial charge on any atom is -0.368 e. The highest BCUT2D eigenvalue weighted by molar-refractivity contribution is 7.10. The van der Waals surface area contributed by atoms with Crippen LogP contribution in [-0.2, 0) is 10.3 Å². The molecule has 1 amide bonds. The summed E-state index contributed by atoms with van der Waals surface area (Å²) < 4.78 is 0. The van der Waals surface area contributed by atoms with Gasteiger partial charge in [-0.2, -0.15) is 0 Å². The monoisotopic (exact) mass is 418 g/mol. The molecule has 2 fully saturated rings. The molecule has 152 valence electrons. The van der Waals surface area contributed by atoms with E-state index in [9.17, 15) is 4.79 Å². The van der Waals surface area contributed by atoms with Crippen molar-refractivity contribution in [1.82, 2.24) is 20.2 Å². The van der Waals surface area contributed by atoms with Gasteiger partial charge in [0, 0.05) is 48.7 Å². The lowest BCUT2D eigenvalue weighted by atomic mass is 9.82. The summed E-state index contributed by atoms with van der Waals surface area (Å²) in [6, 6.07) is 10.3. The van der Waals surface area contributed by atoms with Crippen molar-refractivity contribution in [2.45, 2.75) is 12.5 Å². The molecule has 0 bridgehead atoms. The van der Waals surface area contributed by atoms with Crippen molar-refractivity contribution in [3.63, 3.8) is 0 Å². The Morgan fingerprint density at radius 3 is 2.77 bits per heavy atom. The SMILES string of the molecule is Cc1ccccc1N1CC2C(=O)N(C)C(=N)N[C@@]2(c2cc(-c3cncnc3)cs2)C1. The maximum Gasteiger partial charge on any atom is 0.236 e. The maximum atomic E-state index is 13.2. The predicted molar refractivity (Wildman–Crippen MR) is 118 cm³/mol. The molecule has 5 rings (SSSR count). The number of hydrogen-bond acceptors (Lipinski definition) is 6. The first kappa shape index (κ1) is 18.7. The number of para-hydroxylation sites is 1. The van der Waals surface area contributed by atoms with Crippen LogP contribution in [0.5, 0.6) is 0 Å². The lowest BCUT2D eigenvalue weighted by molar-refractivity contribution is -0.133. The van der Waals surface area contributed by atoms with Crippen LogP contribution in [0.15, 0.2) is 54.4 Å². The molecule has 2 N–H and O–H groups in total. The summed E-state index contributed by atoms with van der Waals surface area (Å²) in [5, 5.41) is 13.9. The molecule has 0 radical (unpaired) electrons. The second-order valence-electron chi connectivity index (χ2n) is 7.89. The van der Waals surface area contributed by atoms with Crippen molar-refractivity contribution in [2.75, 3.05) is 25.0 Å². The first-order chi connectivity index (χ1) is 14.5. The number of fused-ring (bicyclic) bond motifs is 1. The fourth-order valence-electron chi connectivity index (χ4n) is 4.49. The maximum absolute atomic E-state index is 13.2. The van der Waals surface area contributed by atoms with Gasteiger partial charge in [-0.05, 0) is 35.6 Å². The number of amides is 1. The number of nitrogens with zero attached hydrogens (tertiary/aromatic N) is 4. The number of benzene rings is 1. The summed E-state index contributed by atoms with van der Waals surface area (Å²) in [6.45, 7) is 3.32. The minimum atomic E-state index is -0.637. The van der Waals surface area contributed by atoms with Crippen LogP contribution in [0.3, 0.4) is 0 Å². The van der Waals surface area contributed by atoms with Gasteiger partial charge in [-0.1, -0.05) is 18.2 Å². The van der Waals surface area contributed by atoms with Gasteiger partial charge in [0.05, 0.1) is 5.92 Å². The molecule has 2 aliphatic rings. The molecule has 4 heterocycles. The van der Waals surface area contributed by atoms with Crippen molar-refractivity contribution in [3.8, 4) is 11.1 Å². The Bertz CT molecular complexity index is 1130. The van der Waals surface area contributed by atoms with Gasteiger partial charge < -0.3 is 10.2 Å². The number of hydrogen-bond donors (Lipinski definition) is 2. The summed E-state index contributed by atoms with van der Waals surface area (Å²) in [7, 11) is 1.67. The molecular weight excluding hydrogens is 396 g/mol. The molecule has 7 nitrogen and oxygen atoms in total. The summed E-state index contributed by atoms with van der Waals surface area (Å²) in [6.07, 6.45) is 5.09. The zero-order valence-corrected chi connectivity index (χ0v) is 17.6. The van der Waals surface area contributed by atoms with Crippen molar-refractivity contribution >= 4 is 28.9 Å². The van der Waals surface area contributed by atoms with Crippen molar-refractivity contribution in [3.05, 3.63) is 64.9 Å². The summed E-state index contributed by atoms with van der Waals surface area (Å²) >= 11 is 1.61. The third-order valence-electron chi connectivity index (χ3n) is 6.13. The highest BCUT2D eigenvalue weighted by Crippen LogP contribution is 2.45. The van der Waals surface area contributed by atoms with E-state index in [1.165, 1.54) is 16.8 Å². The molecule has 2 atom stereocenters. The highest BCUT2D eigenvalue weighted by Gasteiger charge is 2.57. The largest absolute Gasteiger partial charge is 0.368 e. The number of thiophene rings is 1. The number of guanidine groups is 1. The van der Waals surface area contributed by atoms with Crippen molar-refractivity contribution in [2.24, 2.45) is 5.92 Å². The Morgan fingerprint density at radius 2 is 2.00 bits per heavy atom. The topological polar surface area (TPSA) is 85.2 Å². The standard InChI is InChI=1S/C22H22N6OS/c1-14-5-3-4-6-18(14)28-10-17-20(29)27(2)21(23)26-22(17,12-28)19-7-15(11-30-19)16-8-24-13-25-9-16/h3-9,11,13,17H,10,12H2,1-2H3,(H2,23,26)/t17?,22-/m0/s1. The highest BCUT2D eigenvalue weighted by atomic mass is 32.1. The van der Waals surface area contributed by atoms with Gasteiger partial charge in [-0.3, -0.25) is 15.1 Å². The molecule has 1 aromatic carbocycles. The second-order valence-corrected chi connectivity index (χ2v) is 8.80. The molecule has 2 saturated heterocycles. The zero-order valence-electron chi connectivity index (χ0n) is 16.8. The van der Waals surface area contributed by atoms with Crippen LogP contribution >= 0.6 is 11.3 Å². The molecule has 30 heavy (non-hydrogen) atoms. The van der Waals surface area contributed by atoms with Gasteiger partial charge in [0.25, 0.3) is 0 Å². The molecular formula is C22H22N6OS. The minimum absolute atomic E-state index is 0.0205. The van der Waals surface area contributed by atoms with E-state index in [1.807, 2.05) is 12.1 Å². The van der Waals surface area contributed by atoms with Crippen LogP contribution in [0.1, 0.15) is 10.4 Å². The van der Waals surface area contributed by atoms with E-state index in [4.69, 9.17) is 5.41 Å². The Labute approximate surface area is 178 Å². The van der Waals surface area contributed by atoms with E-state index < -0.39 is 5.54 Å². The predicted octanol–water partition coefficient (Wildman–Crippen LogP) is 2.84. The molecule has 2 aliphatic heterocycles. The third kappa shape index (κ3) is 2.79. The van der Waals surface area contributed by atoms with Crippen molar-refractivity contribution in [1.29, 1.82) is 5.41 Å². The normalized spacial score (nSPS) is 23.5. The van der Waals surface area contributed by atoms with E-state index >= 15 is 0 Å². The molecule has 3 aromatic rings. The molecule has 8 heteroatoms. The van der Waals surface area contributed by atoms with Gasteiger partial charge in [0.1, 0.15) is 11.9 Å². The first-order valence-electron chi connectivity index (χ1n) is 9.79. The second kappa shape index (κ2) is 6.91. The summed E-state index contributed by atoms with van der Waals surface area (Å²) in [5.74, 6) is -0.163. The lowest BCUT2D eigenvalue weighted by Crippen LogP contribution is -2.64. The van der Waals surface area contributed by atoms with Crippen LogP contribution < -0.4 is 10.2 Å². The Kier molecular flexibility index (Phi) is 4.32. The lowest BCUT2D eigenvalue weighted by Gasteiger charge is -2.42. The fourth-order valence-corrected chi connectivity index (χ4v) is 5.61. The van der Waals surface area contributed by atoms with Gasteiger partial charge in [-0.15, -0.1) is 11.3 Å². The average Bonchev–Trinajstić information content (AvgIpc) is 3.39. The number of rotatable bonds is 3. The van der Waals surface area contributed by atoms with E-state index in [0.29, 0.717) is 13.1 Å². The number of nitrogens with one attached hydrogen (secondary N) is 2. The number of aryl methyl sites for hydroxylation is 1. The van der Waals surface area contributed by atoms with E-state index in [2.05, 4.69) is 50.7 Å². The molecule has 0 saturated carbocycles. The van der Waals surface area contributed by atoms with Crippen LogP contribution in [0.25, 0.3) is 11.1 Å². The fraction of sp³-hybridized carbons (Fsp3) is 0.273. The van der Waals surface area contributed by atoms with Crippen LogP contribution in [0.4, 0.5) is 5.69 Å². The van der Waals surface area contributed by atoms with E-state index in [0.717, 1.165) is 21.7 Å². The van der Waals surface area contributed by atoms with Crippen LogP contribution in [-0.4, -0.2) is 46.9 Å². The molecule has 0 spiro atoms. The van der Waals surface area contributed by atoms with Crippen molar-refractivity contribution < 1.29 is 4.79 Å². The average molecular weight is 419 g/mol. The van der Waals surface area contributed by atoms with Gasteiger partial charge >= 0.3 is 0 Å². The smallest absolute Gasteiger partial charge is 0.236 e. The Hall–Kier alpha value is -3.26. The van der Waals surface area contributed by atoms with Gasteiger partial charge in [0.15, 0.2) is 5.96 Å². The van der Waals surface area contributed by atoms with E-state index in [1.54, 1.807) is 30.8 Å². The molecule has 2 aromatic heterocycles. The Balaban J connectivity index is 1.59. The van der Waals surface area contributed by atoms with Gasteiger partial charge in [-0.25, -0.2) is 9.97 Å². The zero-order chi connectivity index (χ0) is 20.9. The van der Waals surface area contributed by atoms with Crippen LogP contribution in [0, 0.1) is 18.3 Å². The first-order valence-corrected chi connectivity index (χ1v) is 10.7. The summed E-state index contributed by atoms with van der Waals surface area (Å²) in [5.41, 5.74) is 3.63. The quantitative estimate of drug-likeness (QED) is 0.683. The molecule has 1 unspecified atom stereocenters.